The zero-order valence-electron chi connectivity index (χ0n) is 9.11. The Morgan fingerprint density at radius 2 is 2.12 bits per heavy atom. The minimum atomic E-state index is -1.15. The summed E-state index contributed by atoms with van der Waals surface area (Å²) in [6.45, 7) is 1.62. The second-order valence-electron chi connectivity index (χ2n) is 4.37. The quantitative estimate of drug-likeness (QED) is 0.490. The van der Waals surface area contributed by atoms with Gasteiger partial charge in [-0.25, -0.2) is 0 Å². The van der Waals surface area contributed by atoms with Gasteiger partial charge in [0.25, 0.3) is 0 Å². The van der Waals surface area contributed by atoms with Gasteiger partial charge in [-0.3, -0.25) is 4.79 Å². The SMILES string of the molecule is CC(=O)N1CC[C@@H]2OC(CO)C(O)C(O)[C@@H]21. The van der Waals surface area contributed by atoms with E-state index in [1.165, 1.54) is 11.8 Å². The van der Waals surface area contributed by atoms with Crippen molar-refractivity contribution in [2.24, 2.45) is 0 Å². The van der Waals surface area contributed by atoms with E-state index >= 15 is 0 Å². The molecule has 0 radical (unpaired) electrons. The highest BCUT2D eigenvalue weighted by Crippen LogP contribution is 2.31. The average Bonchev–Trinajstić information content (AvgIpc) is 2.67. The molecule has 2 aliphatic rings. The zero-order valence-corrected chi connectivity index (χ0v) is 9.11. The Hall–Kier alpha value is -0.690. The van der Waals surface area contributed by atoms with Crippen LogP contribution in [0, 0.1) is 0 Å². The maximum atomic E-state index is 11.3. The van der Waals surface area contributed by atoms with Crippen LogP contribution in [0.2, 0.25) is 0 Å². The molecule has 16 heavy (non-hydrogen) atoms. The number of carbonyl (C=O) groups excluding carboxylic acids is 1. The Morgan fingerprint density at radius 3 is 2.69 bits per heavy atom. The predicted molar refractivity (Wildman–Crippen MR) is 53.6 cm³/mol. The van der Waals surface area contributed by atoms with Crippen LogP contribution < -0.4 is 0 Å². The second-order valence-corrected chi connectivity index (χ2v) is 4.37. The molecule has 2 saturated heterocycles. The lowest BCUT2D eigenvalue weighted by molar-refractivity contribution is -0.198. The maximum Gasteiger partial charge on any atom is 0.219 e. The number of likely N-dealkylation sites (tertiary alicyclic amines) is 1. The molecule has 3 unspecified atom stereocenters. The van der Waals surface area contributed by atoms with E-state index in [1.807, 2.05) is 0 Å². The van der Waals surface area contributed by atoms with Crippen molar-refractivity contribution in [1.82, 2.24) is 4.90 Å². The highest BCUT2D eigenvalue weighted by Gasteiger charge is 2.50. The van der Waals surface area contributed by atoms with Gasteiger partial charge in [0.2, 0.25) is 5.91 Å². The molecule has 6 nitrogen and oxygen atoms in total. The van der Waals surface area contributed by atoms with Crippen LogP contribution in [-0.4, -0.2) is 69.7 Å². The van der Waals surface area contributed by atoms with Crippen molar-refractivity contribution in [2.45, 2.75) is 43.8 Å². The number of nitrogens with zero attached hydrogens (tertiary/aromatic N) is 1. The number of ether oxygens (including phenoxy) is 1. The Bertz CT molecular complexity index is 284. The van der Waals surface area contributed by atoms with Gasteiger partial charge in [0.15, 0.2) is 0 Å². The van der Waals surface area contributed by atoms with Crippen molar-refractivity contribution in [3.8, 4) is 0 Å². The number of hydrogen-bond donors (Lipinski definition) is 3. The lowest BCUT2D eigenvalue weighted by Crippen LogP contribution is -2.61. The van der Waals surface area contributed by atoms with Crippen LogP contribution in [0.15, 0.2) is 0 Å². The summed E-state index contributed by atoms with van der Waals surface area (Å²) >= 11 is 0. The third-order valence-corrected chi connectivity index (χ3v) is 3.41. The first-order chi connectivity index (χ1) is 7.56. The lowest BCUT2D eigenvalue weighted by Gasteiger charge is -2.41. The van der Waals surface area contributed by atoms with Gasteiger partial charge in [-0.1, -0.05) is 0 Å². The number of aliphatic hydroxyl groups excluding tert-OH is 3. The molecule has 5 atom stereocenters. The van der Waals surface area contributed by atoms with Gasteiger partial charge in [-0.05, 0) is 6.42 Å². The van der Waals surface area contributed by atoms with Crippen LogP contribution in [-0.2, 0) is 9.53 Å². The number of aliphatic hydroxyl groups is 3. The van der Waals surface area contributed by atoms with Gasteiger partial charge in [0.05, 0.1) is 18.8 Å². The molecule has 6 heteroatoms. The highest BCUT2D eigenvalue weighted by atomic mass is 16.5. The van der Waals surface area contributed by atoms with E-state index in [-0.39, 0.29) is 18.6 Å². The molecule has 2 aliphatic heterocycles. The summed E-state index contributed by atoms with van der Waals surface area (Å²) in [4.78, 5) is 12.9. The smallest absolute Gasteiger partial charge is 0.219 e. The van der Waals surface area contributed by atoms with Gasteiger partial charge >= 0.3 is 0 Å². The third-order valence-electron chi connectivity index (χ3n) is 3.41. The van der Waals surface area contributed by atoms with Crippen LogP contribution in [0.1, 0.15) is 13.3 Å². The minimum absolute atomic E-state index is 0.134. The van der Waals surface area contributed by atoms with Crippen molar-refractivity contribution < 1.29 is 24.9 Å². The van der Waals surface area contributed by atoms with Gasteiger partial charge in [0, 0.05) is 13.5 Å². The molecule has 0 bridgehead atoms. The van der Waals surface area contributed by atoms with Gasteiger partial charge < -0.3 is 25.0 Å². The third kappa shape index (κ3) is 1.71. The van der Waals surface area contributed by atoms with Crippen LogP contribution in [0.5, 0.6) is 0 Å². The summed E-state index contributed by atoms with van der Waals surface area (Å²) in [5.74, 6) is -0.134. The van der Waals surface area contributed by atoms with Crippen molar-refractivity contribution >= 4 is 5.91 Å². The predicted octanol–water partition coefficient (Wildman–Crippen LogP) is -1.91. The number of carbonyl (C=O) groups is 1. The molecule has 2 heterocycles. The van der Waals surface area contributed by atoms with E-state index in [0.717, 1.165) is 0 Å². The molecule has 1 amide bonds. The Labute approximate surface area is 93.4 Å². The second kappa shape index (κ2) is 4.29. The summed E-state index contributed by atoms with van der Waals surface area (Å²) in [5.41, 5.74) is 0. The van der Waals surface area contributed by atoms with Gasteiger partial charge in [0.1, 0.15) is 18.3 Å². The molecule has 3 N–H and O–H groups in total. The normalized spacial score (nSPS) is 43.2. The van der Waals surface area contributed by atoms with Crippen LogP contribution in [0.4, 0.5) is 0 Å². The van der Waals surface area contributed by atoms with Crippen molar-refractivity contribution in [1.29, 1.82) is 0 Å². The van der Waals surface area contributed by atoms with Crippen LogP contribution >= 0.6 is 0 Å². The monoisotopic (exact) mass is 231 g/mol. The van der Waals surface area contributed by atoms with E-state index < -0.39 is 24.4 Å². The summed E-state index contributed by atoms with van der Waals surface area (Å²) in [6, 6.07) is -0.490. The van der Waals surface area contributed by atoms with E-state index in [9.17, 15) is 15.0 Å². The summed E-state index contributed by atoms with van der Waals surface area (Å²) in [7, 11) is 0. The Morgan fingerprint density at radius 1 is 1.44 bits per heavy atom. The number of rotatable bonds is 1. The first-order valence-corrected chi connectivity index (χ1v) is 5.46. The van der Waals surface area contributed by atoms with Crippen molar-refractivity contribution in [2.75, 3.05) is 13.2 Å². The topological polar surface area (TPSA) is 90.2 Å². The van der Waals surface area contributed by atoms with E-state index in [1.54, 1.807) is 0 Å². The molecule has 2 rings (SSSR count). The summed E-state index contributed by atoms with van der Waals surface area (Å²) in [6.07, 6.45) is -2.62. The van der Waals surface area contributed by atoms with Gasteiger partial charge in [-0.15, -0.1) is 0 Å². The molecule has 0 spiro atoms. The summed E-state index contributed by atoms with van der Waals surface area (Å²) in [5, 5.41) is 28.6. The number of fused-ring (bicyclic) bond motifs is 1. The first kappa shape index (κ1) is 11.8. The minimum Gasteiger partial charge on any atom is -0.394 e. The average molecular weight is 231 g/mol. The van der Waals surface area contributed by atoms with E-state index in [4.69, 9.17) is 9.84 Å². The molecular formula is C10H17NO5. The van der Waals surface area contributed by atoms with Gasteiger partial charge in [-0.2, -0.15) is 0 Å². The Balaban J connectivity index is 2.17. The molecule has 0 aliphatic carbocycles. The molecule has 0 aromatic heterocycles. The molecular weight excluding hydrogens is 214 g/mol. The molecule has 0 saturated carbocycles. The van der Waals surface area contributed by atoms with E-state index in [0.29, 0.717) is 13.0 Å². The maximum absolute atomic E-state index is 11.3. The van der Waals surface area contributed by atoms with Crippen LogP contribution in [0.3, 0.4) is 0 Å². The number of amides is 1. The van der Waals surface area contributed by atoms with Crippen molar-refractivity contribution in [3.05, 3.63) is 0 Å². The van der Waals surface area contributed by atoms with Crippen molar-refractivity contribution in [3.63, 3.8) is 0 Å². The number of hydrogen-bond acceptors (Lipinski definition) is 5. The fourth-order valence-electron chi connectivity index (χ4n) is 2.59. The van der Waals surface area contributed by atoms with E-state index in [2.05, 4.69) is 0 Å². The zero-order chi connectivity index (χ0) is 11.9. The molecule has 92 valence electrons. The fraction of sp³-hybridized carbons (Fsp3) is 0.900. The molecule has 2 fully saturated rings. The largest absolute Gasteiger partial charge is 0.394 e. The lowest BCUT2D eigenvalue weighted by atomic mass is 9.93. The molecule has 0 aromatic carbocycles. The standard InChI is InChI=1S/C10H17NO5/c1-5(13)11-3-2-6-8(11)10(15)9(14)7(4-12)16-6/h6-10,12,14-15H,2-4H2,1H3/t6-,7?,8+,9?,10?/m0/s1. The first-order valence-electron chi connectivity index (χ1n) is 5.46. The molecule has 0 aromatic rings. The van der Waals surface area contributed by atoms with Crippen LogP contribution in [0.25, 0.3) is 0 Å². The Kier molecular flexibility index (Phi) is 3.16. The fourth-order valence-corrected chi connectivity index (χ4v) is 2.59. The summed E-state index contributed by atoms with van der Waals surface area (Å²) < 4.78 is 5.47. The highest BCUT2D eigenvalue weighted by molar-refractivity contribution is 5.74.